The SMILES string of the molecule is Cc1ccc(-n2cccc2CC(=O)NCCC(C)C)cc1. The predicted octanol–water partition coefficient (Wildman–Crippen LogP) is 3.49. The van der Waals surface area contributed by atoms with Gasteiger partial charge >= 0.3 is 0 Å². The van der Waals surface area contributed by atoms with Crippen LogP contribution in [0.5, 0.6) is 0 Å². The molecule has 0 aliphatic heterocycles. The van der Waals surface area contributed by atoms with Crippen LogP contribution in [0.15, 0.2) is 42.6 Å². The number of carbonyl (C=O) groups is 1. The molecule has 0 radical (unpaired) electrons. The quantitative estimate of drug-likeness (QED) is 0.865. The molecule has 0 saturated heterocycles. The Morgan fingerprint density at radius 3 is 2.57 bits per heavy atom. The summed E-state index contributed by atoms with van der Waals surface area (Å²) in [5.74, 6) is 0.699. The van der Waals surface area contributed by atoms with Crippen LogP contribution >= 0.6 is 0 Å². The van der Waals surface area contributed by atoms with E-state index in [-0.39, 0.29) is 5.91 Å². The number of benzene rings is 1. The zero-order valence-electron chi connectivity index (χ0n) is 13.1. The first kappa shape index (κ1) is 15.4. The third-order valence-electron chi connectivity index (χ3n) is 3.53. The molecule has 112 valence electrons. The molecular formula is C18H24N2O. The summed E-state index contributed by atoms with van der Waals surface area (Å²) in [7, 11) is 0. The number of aryl methyl sites for hydroxylation is 1. The monoisotopic (exact) mass is 284 g/mol. The molecule has 1 N–H and O–H groups in total. The van der Waals surface area contributed by atoms with Gasteiger partial charge in [0.05, 0.1) is 6.42 Å². The number of carbonyl (C=O) groups excluding carboxylic acids is 1. The van der Waals surface area contributed by atoms with Gasteiger partial charge in [-0.25, -0.2) is 0 Å². The van der Waals surface area contributed by atoms with Gasteiger partial charge in [-0.2, -0.15) is 0 Å². The summed E-state index contributed by atoms with van der Waals surface area (Å²) in [6.45, 7) is 7.15. The Kier molecular flexibility index (Phi) is 5.20. The highest BCUT2D eigenvalue weighted by Crippen LogP contribution is 2.14. The summed E-state index contributed by atoms with van der Waals surface area (Å²) in [4.78, 5) is 12.0. The molecule has 1 aromatic heterocycles. The lowest BCUT2D eigenvalue weighted by Crippen LogP contribution is -2.27. The van der Waals surface area contributed by atoms with Crippen LogP contribution in [0.1, 0.15) is 31.5 Å². The van der Waals surface area contributed by atoms with Gasteiger partial charge in [0.25, 0.3) is 0 Å². The second kappa shape index (κ2) is 7.11. The minimum atomic E-state index is 0.0858. The van der Waals surface area contributed by atoms with Crippen LogP contribution in [0.4, 0.5) is 0 Å². The number of hydrogen-bond acceptors (Lipinski definition) is 1. The highest BCUT2D eigenvalue weighted by molar-refractivity contribution is 5.78. The van der Waals surface area contributed by atoms with Crippen LogP contribution in [-0.2, 0) is 11.2 Å². The Hall–Kier alpha value is -2.03. The minimum Gasteiger partial charge on any atom is -0.356 e. The van der Waals surface area contributed by atoms with Crippen molar-refractivity contribution in [3.8, 4) is 5.69 Å². The Labute approximate surface area is 127 Å². The highest BCUT2D eigenvalue weighted by Gasteiger charge is 2.08. The van der Waals surface area contributed by atoms with Crippen LogP contribution in [0.3, 0.4) is 0 Å². The fraction of sp³-hybridized carbons (Fsp3) is 0.389. The van der Waals surface area contributed by atoms with Gasteiger partial charge in [-0.15, -0.1) is 0 Å². The van der Waals surface area contributed by atoms with Crippen LogP contribution in [0, 0.1) is 12.8 Å². The molecule has 0 spiro atoms. The smallest absolute Gasteiger partial charge is 0.225 e. The first-order valence-corrected chi connectivity index (χ1v) is 7.56. The number of nitrogens with zero attached hydrogens (tertiary/aromatic N) is 1. The average molecular weight is 284 g/mol. The van der Waals surface area contributed by atoms with E-state index in [0.717, 1.165) is 24.3 Å². The van der Waals surface area contributed by atoms with Gasteiger partial charge in [-0.1, -0.05) is 31.5 Å². The van der Waals surface area contributed by atoms with Gasteiger partial charge in [0.1, 0.15) is 0 Å². The first-order chi connectivity index (χ1) is 10.1. The molecule has 21 heavy (non-hydrogen) atoms. The largest absolute Gasteiger partial charge is 0.356 e. The van der Waals surface area contributed by atoms with E-state index in [2.05, 4.69) is 54.9 Å². The second-order valence-electron chi connectivity index (χ2n) is 5.91. The fourth-order valence-corrected chi connectivity index (χ4v) is 2.24. The van der Waals surface area contributed by atoms with Crippen LogP contribution in [0.2, 0.25) is 0 Å². The van der Waals surface area contributed by atoms with Crippen LogP contribution < -0.4 is 5.32 Å². The van der Waals surface area contributed by atoms with E-state index in [1.807, 2.05) is 18.3 Å². The Bertz CT molecular complexity index is 582. The lowest BCUT2D eigenvalue weighted by molar-refractivity contribution is -0.120. The summed E-state index contributed by atoms with van der Waals surface area (Å²) in [5.41, 5.74) is 3.34. The maximum absolute atomic E-state index is 12.0. The predicted molar refractivity (Wildman–Crippen MR) is 86.7 cm³/mol. The number of aromatic nitrogens is 1. The number of hydrogen-bond donors (Lipinski definition) is 1. The molecular weight excluding hydrogens is 260 g/mol. The number of rotatable bonds is 6. The maximum Gasteiger partial charge on any atom is 0.225 e. The number of nitrogens with one attached hydrogen (secondary N) is 1. The van der Waals surface area contributed by atoms with Crippen molar-refractivity contribution in [1.82, 2.24) is 9.88 Å². The lowest BCUT2D eigenvalue weighted by Gasteiger charge is -2.11. The number of amides is 1. The Morgan fingerprint density at radius 1 is 1.19 bits per heavy atom. The van der Waals surface area contributed by atoms with Crippen molar-refractivity contribution >= 4 is 5.91 Å². The van der Waals surface area contributed by atoms with E-state index < -0.39 is 0 Å². The van der Waals surface area contributed by atoms with E-state index in [1.54, 1.807) is 0 Å². The van der Waals surface area contributed by atoms with E-state index in [0.29, 0.717) is 12.3 Å². The fourth-order valence-electron chi connectivity index (χ4n) is 2.24. The molecule has 1 amide bonds. The molecule has 0 aliphatic carbocycles. The third kappa shape index (κ3) is 4.48. The third-order valence-corrected chi connectivity index (χ3v) is 3.53. The average Bonchev–Trinajstić information content (AvgIpc) is 2.87. The van der Waals surface area contributed by atoms with Crippen molar-refractivity contribution in [2.75, 3.05) is 6.54 Å². The first-order valence-electron chi connectivity index (χ1n) is 7.56. The lowest BCUT2D eigenvalue weighted by atomic mass is 10.1. The molecule has 0 fully saturated rings. The molecule has 2 aromatic rings. The summed E-state index contributed by atoms with van der Waals surface area (Å²) >= 11 is 0. The Morgan fingerprint density at radius 2 is 1.90 bits per heavy atom. The van der Waals surface area contributed by atoms with E-state index in [4.69, 9.17) is 0 Å². The highest BCUT2D eigenvalue weighted by atomic mass is 16.1. The normalized spacial score (nSPS) is 10.9. The molecule has 3 nitrogen and oxygen atoms in total. The molecule has 2 rings (SSSR count). The summed E-state index contributed by atoms with van der Waals surface area (Å²) in [5, 5.41) is 2.99. The molecule has 0 atom stereocenters. The molecule has 0 bridgehead atoms. The van der Waals surface area contributed by atoms with Gasteiger partial charge in [0, 0.05) is 24.1 Å². The molecule has 0 unspecified atom stereocenters. The van der Waals surface area contributed by atoms with Crippen molar-refractivity contribution < 1.29 is 4.79 Å². The Balaban J connectivity index is 2.00. The summed E-state index contributed by atoms with van der Waals surface area (Å²) in [6.07, 6.45) is 3.44. The van der Waals surface area contributed by atoms with Crippen molar-refractivity contribution in [1.29, 1.82) is 0 Å². The van der Waals surface area contributed by atoms with E-state index in [1.165, 1.54) is 5.56 Å². The topological polar surface area (TPSA) is 34.0 Å². The van der Waals surface area contributed by atoms with E-state index in [9.17, 15) is 4.79 Å². The van der Waals surface area contributed by atoms with Gasteiger partial charge in [0.2, 0.25) is 5.91 Å². The van der Waals surface area contributed by atoms with Crippen LogP contribution in [0.25, 0.3) is 5.69 Å². The van der Waals surface area contributed by atoms with Gasteiger partial charge in [0.15, 0.2) is 0 Å². The molecule has 0 aliphatic rings. The molecule has 3 heteroatoms. The summed E-state index contributed by atoms with van der Waals surface area (Å²) in [6, 6.07) is 12.3. The van der Waals surface area contributed by atoms with Gasteiger partial charge < -0.3 is 9.88 Å². The van der Waals surface area contributed by atoms with Crippen molar-refractivity contribution in [3.63, 3.8) is 0 Å². The van der Waals surface area contributed by atoms with E-state index >= 15 is 0 Å². The maximum atomic E-state index is 12.0. The standard InChI is InChI=1S/C18H24N2O/c1-14(2)10-11-19-18(21)13-17-5-4-12-20(17)16-8-6-15(3)7-9-16/h4-9,12,14H,10-11,13H2,1-3H3,(H,19,21). The van der Waals surface area contributed by atoms with Crippen molar-refractivity contribution in [2.24, 2.45) is 5.92 Å². The zero-order valence-corrected chi connectivity index (χ0v) is 13.1. The molecule has 1 aromatic carbocycles. The molecule has 1 heterocycles. The minimum absolute atomic E-state index is 0.0858. The van der Waals surface area contributed by atoms with Crippen LogP contribution in [-0.4, -0.2) is 17.0 Å². The van der Waals surface area contributed by atoms with Gasteiger partial charge in [-0.3, -0.25) is 4.79 Å². The second-order valence-corrected chi connectivity index (χ2v) is 5.91. The van der Waals surface area contributed by atoms with Crippen molar-refractivity contribution in [2.45, 2.75) is 33.6 Å². The molecule has 0 saturated carbocycles. The van der Waals surface area contributed by atoms with Gasteiger partial charge in [-0.05, 0) is 43.5 Å². The zero-order chi connectivity index (χ0) is 15.2. The summed E-state index contributed by atoms with van der Waals surface area (Å²) < 4.78 is 2.07. The van der Waals surface area contributed by atoms with Crippen molar-refractivity contribution in [3.05, 3.63) is 53.9 Å².